The van der Waals surface area contributed by atoms with Gasteiger partial charge >= 0.3 is 0 Å². The maximum absolute atomic E-state index is 12.2. The molecule has 0 aliphatic heterocycles. The minimum Gasteiger partial charge on any atom is -0.392 e. The van der Waals surface area contributed by atoms with E-state index in [1.54, 1.807) is 25.1 Å². The first-order valence-corrected chi connectivity index (χ1v) is 6.75. The van der Waals surface area contributed by atoms with Crippen LogP contribution in [0.2, 0.25) is 0 Å². The number of anilines is 2. The smallest absolute Gasteiger partial charge is 0.256 e. The van der Waals surface area contributed by atoms with Gasteiger partial charge < -0.3 is 15.7 Å². The highest BCUT2D eigenvalue weighted by molar-refractivity contribution is 6.05. The molecule has 1 aromatic carbocycles. The van der Waals surface area contributed by atoms with Crippen LogP contribution in [0.3, 0.4) is 0 Å². The van der Waals surface area contributed by atoms with Gasteiger partial charge in [0.2, 0.25) is 5.91 Å². The molecule has 0 unspecified atom stereocenters. The first kappa shape index (κ1) is 15.6. The summed E-state index contributed by atoms with van der Waals surface area (Å²) in [5.41, 5.74) is 1.31. The summed E-state index contributed by atoms with van der Waals surface area (Å²) in [5.74, 6) is -0.177. The highest BCUT2D eigenvalue weighted by atomic mass is 16.3. The Morgan fingerprint density at radius 1 is 1.23 bits per heavy atom. The van der Waals surface area contributed by atoms with E-state index in [1.807, 2.05) is 0 Å². The van der Waals surface area contributed by atoms with Crippen LogP contribution in [0.15, 0.2) is 36.8 Å². The van der Waals surface area contributed by atoms with E-state index in [1.165, 1.54) is 18.6 Å². The number of aliphatic hydroxyl groups excluding tert-OH is 1. The van der Waals surface area contributed by atoms with Crippen LogP contribution in [0.5, 0.6) is 0 Å². The number of aliphatic hydroxyl groups is 1. The van der Waals surface area contributed by atoms with Crippen LogP contribution in [-0.2, 0) is 11.4 Å². The predicted octanol–water partition coefficient (Wildman–Crippen LogP) is 1.57. The van der Waals surface area contributed by atoms with Gasteiger partial charge in [-0.2, -0.15) is 0 Å². The normalized spacial score (nSPS) is 10.1. The first-order valence-electron chi connectivity index (χ1n) is 6.75. The van der Waals surface area contributed by atoms with Crippen molar-refractivity contribution in [3.63, 3.8) is 0 Å². The van der Waals surface area contributed by atoms with E-state index in [-0.39, 0.29) is 18.4 Å². The molecule has 1 heterocycles. The van der Waals surface area contributed by atoms with Crippen LogP contribution in [0.25, 0.3) is 0 Å². The summed E-state index contributed by atoms with van der Waals surface area (Å²) in [7, 11) is 0. The SMILES string of the molecule is CCC(=O)Nc1cc(C(=O)Nc2ccncn2)ccc1CO. The molecule has 0 fully saturated rings. The molecule has 7 nitrogen and oxygen atoms in total. The number of nitrogens with one attached hydrogen (secondary N) is 2. The predicted molar refractivity (Wildman–Crippen MR) is 81.3 cm³/mol. The van der Waals surface area contributed by atoms with Gasteiger partial charge in [0.05, 0.1) is 6.61 Å². The Morgan fingerprint density at radius 2 is 2.05 bits per heavy atom. The molecule has 22 heavy (non-hydrogen) atoms. The second kappa shape index (κ2) is 7.28. The summed E-state index contributed by atoms with van der Waals surface area (Å²) in [4.78, 5) is 31.4. The summed E-state index contributed by atoms with van der Waals surface area (Å²) in [5, 5.41) is 14.6. The molecule has 2 amide bonds. The minimum atomic E-state index is -0.366. The van der Waals surface area contributed by atoms with E-state index in [9.17, 15) is 14.7 Å². The molecule has 2 rings (SSSR count). The molecule has 114 valence electrons. The summed E-state index contributed by atoms with van der Waals surface area (Å²) < 4.78 is 0. The number of hydrogen-bond donors (Lipinski definition) is 3. The van der Waals surface area contributed by atoms with Crippen molar-refractivity contribution in [3.8, 4) is 0 Å². The lowest BCUT2D eigenvalue weighted by molar-refractivity contribution is -0.115. The number of benzene rings is 1. The third-order valence-corrected chi connectivity index (χ3v) is 2.96. The van der Waals surface area contributed by atoms with Crippen molar-refractivity contribution < 1.29 is 14.7 Å². The maximum atomic E-state index is 12.2. The largest absolute Gasteiger partial charge is 0.392 e. The van der Waals surface area contributed by atoms with E-state index in [0.717, 1.165) is 0 Å². The molecule has 2 aromatic rings. The highest BCUT2D eigenvalue weighted by Crippen LogP contribution is 2.19. The average molecular weight is 300 g/mol. The van der Waals surface area contributed by atoms with Gasteiger partial charge in [0.25, 0.3) is 5.91 Å². The maximum Gasteiger partial charge on any atom is 0.256 e. The number of nitrogens with zero attached hydrogens (tertiary/aromatic N) is 2. The Morgan fingerprint density at radius 3 is 2.68 bits per heavy atom. The Hall–Kier alpha value is -2.80. The minimum absolute atomic E-state index is 0.192. The van der Waals surface area contributed by atoms with Crippen LogP contribution in [0, 0.1) is 0 Å². The molecule has 0 aliphatic rings. The second-order valence-corrected chi connectivity index (χ2v) is 4.48. The number of carbonyl (C=O) groups is 2. The Balaban J connectivity index is 2.22. The zero-order chi connectivity index (χ0) is 15.9. The van der Waals surface area contributed by atoms with Crippen molar-refractivity contribution in [2.24, 2.45) is 0 Å². The van der Waals surface area contributed by atoms with Crippen LogP contribution < -0.4 is 10.6 Å². The number of carbonyl (C=O) groups excluding carboxylic acids is 2. The number of hydrogen-bond acceptors (Lipinski definition) is 5. The van der Waals surface area contributed by atoms with Gasteiger partial charge in [-0.25, -0.2) is 9.97 Å². The lowest BCUT2D eigenvalue weighted by Crippen LogP contribution is -2.15. The highest BCUT2D eigenvalue weighted by Gasteiger charge is 2.11. The molecule has 0 saturated heterocycles. The van der Waals surface area contributed by atoms with Crippen molar-refractivity contribution >= 4 is 23.3 Å². The summed E-state index contributed by atoms with van der Waals surface area (Å²) in [6.07, 6.45) is 3.16. The molecule has 0 aliphatic carbocycles. The Bertz CT molecular complexity index is 674. The molecule has 0 spiro atoms. The molecule has 0 bridgehead atoms. The molecule has 1 aromatic heterocycles. The molecule has 7 heteroatoms. The van der Waals surface area contributed by atoms with E-state index in [4.69, 9.17) is 0 Å². The number of amides is 2. The lowest BCUT2D eigenvalue weighted by atomic mass is 10.1. The topological polar surface area (TPSA) is 104 Å². The molecule has 0 atom stereocenters. The third-order valence-electron chi connectivity index (χ3n) is 2.96. The molecular weight excluding hydrogens is 284 g/mol. The number of aromatic nitrogens is 2. The van der Waals surface area contributed by atoms with E-state index in [0.29, 0.717) is 29.1 Å². The van der Waals surface area contributed by atoms with Gasteiger partial charge in [-0.3, -0.25) is 9.59 Å². The fourth-order valence-electron chi connectivity index (χ4n) is 1.76. The summed E-state index contributed by atoms with van der Waals surface area (Å²) in [6, 6.07) is 6.26. The standard InChI is InChI=1S/C15H16N4O3/c1-2-14(21)18-12-7-10(3-4-11(12)8-20)15(22)19-13-5-6-16-9-17-13/h3-7,9,20H,2,8H2,1H3,(H,18,21)(H,16,17,19,22). The van der Waals surface area contributed by atoms with Crippen molar-refractivity contribution in [3.05, 3.63) is 47.9 Å². The molecule has 0 saturated carbocycles. The molecular formula is C15H16N4O3. The van der Waals surface area contributed by atoms with Gasteiger partial charge in [0.15, 0.2) is 0 Å². The Labute approximate surface area is 127 Å². The van der Waals surface area contributed by atoms with Crippen LogP contribution in [0.1, 0.15) is 29.3 Å². The first-order chi connectivity index (χ1) is 10.6. The van der Waals surface area contributed by atoms with Gasteiger partial charge in [0, 0.05) is 29.4 Å². The van der Waals surface area contributed by atoms with Crippen molar-refractivity contribution in [2.75, 3.05) is 10.6 Å². The van der Waals surface area contributed by atoms with Crippen LogP contribution in [0.4, 0.5) is 11.5 Å². The van der Waals surface area contributed by atoms with Gasteiger partial charge in [-0.15, -0.1) is 0 Å². The fourth-order valence-corrected chi connectivity index (χ4v) is 1.76. The van der Waals surface area contributed by atoms with Crippen LogP contribution in [-0.4, -0.2) is 26.9 Å². The fraction of sp³-hybridized carbons (Fsp3) is 0.200. The van der Waals surface area contributed by atoms with Crippen molar-refractivity contribution in [2.45, 2.75) is 20.0 Å². The van der Waals surface area contributed by atoms with E-state index < -0.39 is 0 Å². The van der Waals surface area contributed by atoms with Crippen LogP contribution >= 0.6 is 0 Å². The van der Waals surface area contributed by atoms with Crippen molar-refractivity contribution in [1.82, 2.24) is 9.97 Å². The van der Waals surface area contributed by atoms with Gasteiger partial charge in [0.1, 0.15) is 12.1 Å². The third kappa shape index (κ3) is 3.86. The van der Waals surface area contributed by atoms with E-state index >= 15 is 0 Å². The van der Waals surface area contributed by atoms with Gasteiger partial charge in [-0.05, 0) is 18.2 Å². The average Bonchev–Trinajstić information content (AvgIpc) is 2.55. The quantitative estimate of drug-likeness (QED) is 0.777. The zero-order valence-electron chi connectivity index (χ0n) is 12.0. The molecule has 3 N–H and O–H groups in total. The lowest BCUT2D eigenvalue weighted by Gasteiger charge is -2.11. The van der Waals surface area contributed by atoms with E-state index in [2.05, 4.69) is 20.6 Å². The molecule has 0 radical (unpaired) electrons. The summed E-state index contributed by atoms with van der Waals surface area (Å²) >= 11 is 0. The van der Waals surface area contributed by atoms with Crippen molar-refractivity contribution in [1.29, 1.82) is 0 Å². The zero-order valence-corrected chi connectivity index (χ0v) is 12.0. The number of rotatable bonds is 5. The second-order valence-electron chi connectivity index (χ2n) is 4.48. The van der Waals surface area contributed by atoms with Gasteiger partial charge in [-0.1, -0.05) is 13.0 Å². The monoisotopic (exact) mass is 300 g/mol. The Kier molecular flexibility index (Phi) is 5.16. The summed E-state index contributed by atoms with van der Waals surface area (Å²) in [6.45, 7) is 1.49.